The topological polar surface area (TPSA) is 9.23 Å². The zero-order valence-electron chi connectivity index (χ0n) is 27.9. The second-order valence-corrected chi connectivity index (χ2v) is 13.6. The van der Waals surface area contributed by atoms with E-state index in [9.17, 15) is 4.39 Å². The van der Waals surface area contributed by atoms with E-state index in [1.54, 1.807) is 36.4 Å². The summed E-state index contributed by atoms with van der Waals surface area (Å²) in [4.78, 5) is 0. The average molecular weight is 647 g/mol. The Bertz CT molecular complexity index is 1500. The number of ether oxygens (including phenoxy) is 1. The molecule has 5 rings (SSSR count). The molecule has 2 aliphatic rings. The number of halogens is 4. The summed E-state index contributed by atoms with van der Waals surface area (Å²) in [6, 6.07) is 12.7. The van der Waals surface area contributed by atoms with Crippen molar-refractivity contribution in [1.29, 1.82) is 0 Å². The SMILES string of the molecule is C=CCCC1CCC(C2CC=C(c3ccc(-c4ccc(-c5ccc(OCCCCCCCC)c(F)c5F)cc4)c(F)c3F)CC2)CC1. The minimum atomic E-state index is -1.02. The van der Waals surface area contributed by atoms with Gasteiger partial charge in [-0.3, -0.25) is 0 Å². The summed E-state index contributed by atoms with van der Waals surface area (Å²) < 4.78 is 66.3. The summed E-state index contributed by atoms with van der Waals surface area (Å²) in [6.45, 7) is 6.36. The number of rotatable bonds is 15. The number of hydrogen-bond donors (Lipinski definition) is 0. The molecule has 0 radical (unpaired) electrons. The highest BCUT2D eigenvalue weighted by Crippen LogP contribution is 2.43. The van der Waals surface area contributed by atoms with Crippen LogP contribution in [-0.2, 0) is 0 Å². The molecule has 0 bridgehead atoms. The molecule has 0 aromatic heterocycles. The quantitative estimate of drug-likeness (QED) is 0.0907. The lowest BCUT2D eigenvalue weighted by Crippen LogP contribution is -2.23. The van der Waals surface area contributed by atoms with Gasteiger partial charge in [0, 0.05) is 16.7 Å². The first-order valence-electron chi connectivity index (χ1n) is 17.9. The number of unbranched alkanes of at least 4 members (excludes halogenated alkanes) is 5. The van der Waals surface area contributed by atoms with Crippen molar-refractivity contribution in [3.63, 3.8) is 0 Å². The van der Waals surface area contributed by atoms with Crippen LogP contribution in [0.5, 0.6) is 5.75 Å². The van der Waals surface area contributed by atoms with E-state index in [1.807, 2.05) is 6.08 Å². The molecule has 1 saturated carbocycles. The maximum Gasteiger partial charge on any atom is 0.201 e. The molecule has 1 nitrogen and oxygen atoms in total. The zero-order valence-corrected chi connectivity index (χ0v) is 27.9. The van der Waals surface area contributed by atoms with Gasteiger partial charge in [-0.05, 0) is 98.0 Å². The second kappa shape index (κ2) is 17.2. The number of benzene rings is 3. The molecule has 1 unspecified atom stereocenters. The van der Waals surface area contributed by atoms with E-state index in [0.717, 1.165) is 62.4 Å². The van der Waals surface area contributed by atoms with E-state index >= 15 is 13.2 Å². The molecule has 0 saturated heterocycles. The van der Waals surface area contributed by atoms with Gasteiger partial charge in [-0.1, -0.05) is 100 Å². The van der Waals surface area contributed by atoms with Gasteiger partial charge < -0.3 is 4.74 Å². The predicted octanol–water partition coefficient (Wildman–Crippen LogP) is 13.3. The molecule has 47 heavy (non-hydrogen) atoms. The molecular formula is C42H50F4O. The van der Waals surface area contributed by atoms with E-state index in [0.29, 0.717) is 29.2 Å². The molecule has 3 aromatic rings. The Balaban J connectivity index is 1.20. The molecule has 0 aliphatic heterocycles. The summed E-state index contributed by atoms with van der Waals surface area (Å²) in [5, 5.41) is 0. The maximum absolute atomic E-state index is 15.5. The Morgan fingerprint density at radius 2 is 1.28 bits per heavy atom. The highest BCUT2D eigenvalue weighted by atomic mass is 19.2. The summed E-state index contributed by atoms with van der Waals surface area (Å²) in [6.07, 6.45) is 20.8. The lowest BCUT2D eigenvalue weighted by Gasteiger charge is -2.35. The molecule has 2 aliphatic carbocycles. The van der Waals surface area contributed by atoms with Gasteiger partial charge in [0.15, 0.2) is 23.2 Å². The van der Waals surface area contributed by atoms with Crippen molar-refractivity contribution in [2.75, 3.05) is 6.61 Å². The van der Waals surface area contributed by atoms with Crippen molar-refractivity contribution in [2.24, 2.45) is 17.8 Å². The zero-order chi connectivity index (χ0) is 33.2. The van der Waals surface area contributed by atoms with Crippen LogP contribution < -0.4 is 4.74 Å². The van der Waals surface area contributed by atoms with Crippen molar-refractivity contribution < 1.29 is 22.3 Å². The summed E-state index contributed by atoms with van der Waals surface area (Å²) in [7, 11) is 0. The van der Waals surface area contributed by atoms with Crippen LogP contribution in [-0.4, -0.2) is 6.61 Å². The van der Waals surface area contributed by atoms with Crippen LogP contribution in [0.15, 0.2) is 67.3 Å². The van der Waals surface area contributed by atoms with Crippen LogP contribution in [0.3, 0.4) is 0 Å². The molecule has 3 aromatic carbocycles. The van der Waals surface area contributed by atoms with E-state index in [2.05, 4.69) is 19.6 Å². The molecule has 5 heteroatoms. The predicted molar refractivity (Wildman–Crippen MR) is 186 cm³/mol. The van der Waals surface area contributed by atoms with Crippen LogP contribution in [0.1, 0.15) is 109 Å². The third-order valence-electron chi connectivity index (χ3n) is 10.5. The monoisotopic (exact) mass is 646 g/mol. The summed E-state index contributed by atoms with van der Waals surface area (Å²) in [5.41, 5.74) is 2.37. The molecule has 0 amide bonds. The Kier molecular flexibility index (Phi) is 12.8. The molecule has 0 N–H and O–H groups in total. The van der Waals surface area contributed by atoms with Gasteiger partial charge >= 0.3 is 0 Å². The summed E-state index contributed by atoms with van der Waals surface area (Å²) >= 11 is 0. The molecule has 0 heterocycles. The van der Waals surface area contributed by atoms with Crippen LogP contribution >= 0.6 is 0 Å². The van der Waals surface area contributed by atoms with E-state index in [4.69, 9.17) is 4.74 Å². The van der Waals surface area contributed by atoms with Crippen LogP contribution in [0.4, 0.5) is 17.6 Å². The Morgan fingerprint density at radius 1 is 0.681 bits per heavy atom. The first-order valence-corrected chi connectivity index (χ1v) is 17.9. The molecule has 252 valence electrons. The Labute approximate surface area is 279 Å². The van der Waals surface area contributed by atoms with Crippen LogP contribution in [0.25, 0.3) is 27.8 Å². The molecule has 0 spiro atoms. The lowest BCUT2D eigenvalue weighted by molar-refractivity contribution is 0.190. The van der Waals surface area contributed by atoms with Gasteiger partial charge in [0.1, 0.15) is 0 Å². The van der Waals surface area contributed by atoms with Crippen LogP contribution in [0.2, 0.25) is 0 Å². The fourth-order valence-corrected chi connectivity index (χ4v) is 7.61. The number of hydrogen-bond acceptors (Lipinski definition) is 1. The van der Waals surface area contributed by atoms with Gasteiger partial charge in [0.05, 0.1) is 6.61 Å². The minimum Gasteiger partial charge on any atom is -0.490 e. The van der Waals surface area contributed by atoms with E-state index in [1.165, 1.54) is 63.5 Å². The Hall–Kier alpha value is -3.34. The minimum absolute atomic E-state index is 0.0891. The van der Waals surface area contributed by atoms with Crippen molar-refractivity contribution in [2.45, 2.75) is 103 Å². The van der Waals surface area contributed by atoms with Crippen LogP contribution in [0, 0.1) is 41.0 Å². The first kappa shape index (κ1) is 35.0. The van der Waals surface area contributed by atoms with Gasteiger partial charge in [0.25, 0.3) is 0 Å². The van der Waals surface area contributed by atoms with E-state index < -0.39 is 23.3 Å². The standard InChI is InChI=1S/C42H50F4O/c1-3-5-7-8-9-10-28-47-38-27-26-37(41(45)42(38)46)34-22-20-33(21-23-34)36-25-24-35(39(43)40(36)44)32-18-16-31(17-19-32)30-14-12-29(13-15-30)11-6-4-2/h4,18,20-27,29-31H,2-3,5-17,19,28H2,1H3. The highest BCUT2D eigenvalue weighted by Gasteiger charge is 2.29. The van der Waals surface area contributed by atoms with Crippen molar-refractivity contribution in [1.82, 2.24) is 0 Å². The molecule has 1 fully saturated rings. The molecule has 1 atom stereocenters. The first-order chi connectivity index (χ1) is 22.9. The van der Waals surface area contributed by atoms with Crippen molar-refractivity contribution in [3.05, 3.63) is 96.1 Å². The molecular weight excluding hydrogens is 596 g/mol. The van der Waals surface area contributed by atoms with Crippen molar-refractivity contribution in [3.8, 4) is 28.0 Å². The van der Waals surface area contributed by atoms with Gasteiger partial charge in [-0.25, -0.2) is 13.2 Å². The summed E-state index contributed by atoms with van der Waals surface area (Å²) in [5.74, 6) is -1.65. The highest BCUT2D eigenvalue weighted by molar-refractivity contribution is 5.74. The smallest absolute Gasteiger partial charge is 0.201 e. The normalized spacial score (nSPS) is 19.8. The maximum atomic E-state index is 15.5. The fraction of sp³-hybridized carbons (Fsp3) is 0.476. The van der Waals surface area contributed by atoms with Gasteiger partial charge in [-0.2, -0.15) is 4.39 Å². The van der Waals surface area contributed by atoms with Crippen molar-refractivity contribution >= 4 is 5.57 Å². The average Bonchev–Trinajstić information content (AvgIpc) is 3.10. The third kappa shape index (κ3) is 8.77. The fourth-order valence-electron chi connectivity index (χ4n) is 7.61. The lowest BCUT2D eigenvalue weighted by atomic mass is 9.70. The van der Waals surface area contributed by atoms with E-state index in [-0.39, 0.29) is 16.9 Å². The Morgan fingerprint density at radius 3 is 1.91 bits per heavy atom. The largest absolute Gasteiger partial charge is 0.490 e. The van der Waals surface area contributed by atoms with Gasteiger partial charge in [0.2, 0.25) is 5.82 Å². The number of allylic oxidation sites excluding steroid dienone is 3. The third-order valence-corrected chi connectivity index (χ3v) is 10.5. The van der Waals surface area contributed by atoms with Gasteiger partial charge in [-0.15, -0.1) is 6.58 Å². The second-order valence-electron chi connectivity index (χ2n) is 13.6.